The van der Waals surface area contributed by atoms with E-state index >= 15 is 0 Å². The SMILES string of the molecule is CC(NC(=O)CSc1nnc(-c2ccccc2F)n1-c1ccccc1)C1CC2CCC1C2. The third-order valence-corrected chi connectivity index (χ3v) is 7.85. The summed E-state index contributed by atoms with van der Waals surface area (Å²) in [6.45, 7) is 2.14. The Morgan fingerprint density at radius 3 is 2.62 bits per heavy atom. The second kappa shape index (κ2) is 9.06. The molecule has 2 aromatic carbocycles. The number of fused-ring (bicyclic) bond motifs is 2. The number of halogens is 1. The monoisotopic (exact) mass is 450 g/mol. The molecule has 4 unspecified atom stereocenters. The molecular weight excluding hydrogens is 423 g/mol. The molecule has 5 nitrogen and oxygen atoms in total. The first kappa shape index (κ1) is 21.2. The Bertz CT molecular complexity index is 1100. The molecule has 1 amide bonds. The van der Waals surface area contributed by atoms with E-state index in [4.69, 9.17) is 0 Å². The number of amides is 1. The van der Waals surface area contributed by atoms with E-state index in [1.165, 1.54) is 43.5 Å². The van der Waals surface area contributed by atoms with Gasteiger partial charge in [0.1, 0.15) is 5.82 Å². The number of hydrogen-bond acceptors (Lipinski definition) is 4. The van der Waals surface area contributed by atoms with Crippen molar-refractivity contribution < 1.29 is 9.18 Å². The van der Waals surface area contributed by atoms with Crippen LogP contribution in [0.2, 0.25) is 0 Å². The number of thioether (sulfide) groups is 1. The first-order chi connectivity index (χ1) is 15.6. The lowest BCUT2D eigenvalue weighted by Gasteiger charge is -2.28. The first-order valence-corrected chi connectivity index (χ1v) is 12.3. The smallest absolute Gasteiger partial charge is 0.230 e. The van der Waals surface area contributed by atoms with Crippen LogP contribution in [0, 0.1) is 23.6 Å². The number of rotatable bonds is 7. The molecule has 0 saturated heterocycles. The Morgan fingerprint density at radius 1 is 1.12 bits per heavy atom. The predicted octanol–water partition coefficient (Wildman–Crippen LogP) is 5.11. The van der Waals surface area contributed by atoms with Crippen molar-refractivity contribution in [2.24, 2.45) is 17.8 Å². The van der Waals surface area contributed by atoms with Gasteiger partial charge in [0.05, 0.1) is 11.3 Å². The summed E-state index contributed by atoms with van der Waals surface area (Å²) in [5.74, 6) is 2.54. The van der Waals surface area contributed by atoms with Crippen LogP contribution >= 0.6 is 11.8 Å². The molecule has 166 valence electrons. The number of aromatic nitrogens is 3. The first-order valence-electron chi connectivity index (χ1n) is 11.3. The Labute approximate surface area is 191 Å². The van der Waals surface area contributed by atoms with Gasteiger partial charge in [-0.3, -0.25) is 9.36 Å². The molecule has 2 aliphatic carbocycles. The number of carbonyl (C=O) groups excluding carboxylic acids is 1. The van der Waals surface area contributed by atoms with Crippen molar-refractivity contribution in [1.82, 2.24) is 20.1 Å². The fourth-order valence-corrected chi connectivity index (χ4v) is 6.19. The van der Waals surface area contributed by atoms with Gasteiger partial charge in [-0.15, -0.1) is 10.2 Å². The van der Waals surface area contributed by atoms with Crippen molar-refractivity contribution in [3.05, 3.63) is 60.4 Å². The molecule has 0 spiro atoms. The van der Waals surface area contributed by atoms with E-state index < -0.39 is 0 Å². The van der Waals surface area contributed by atoms with Crippen molar-refractivity contribution >= 4 is 17.7 Å². The fourth-order valence-electron chi connectivity index (χ4n) is 5.43. The van der Waals surface area contributed by atoms with Crippen LogP contribution in [0.3, 0.4) is 0 Å². The molecule has 32 heavy (non-hydrogen) atoms. The van der Waals surface area contributed by atoms with Gasteiger partial charge in [-0.25, -0.2) is 4.39 Å². The lowest BCUT2D eigenvalue weighted by molar-refractivity contribution is -0.119. The lowest BCUT2D eigenvalue weighted by Crippen LogP contribution is -2.40. The highest BCUT2D eigenvalue weighted by Gasteiger charge is 2.42. The van der Waals surface area contributed by atoms with Gasteiger partial charge in [0, 0.05) is 11.7 Å². The van der Waals surface area contributed by atoms with Crippen LogP contribution in [0.4, 0.5) is 4.39 Å². The van der Waals surface area contributed by atoms with E-state index in [-0.39, 0.29) is 23.5 Å². The molecular formula is C25H27FN4OS. The number of hydrogen-bond donors (Lipinski definition) is 1. The summed E-state index contributed by atoms with van der Waals surface area (Å²) in [6, 6.07) is 16.3. The van der Waals surface area contributed by atoms with Crippen molar-refractivity contribution in [1.29, 1.82) is 0 Å². The van der Waals surface area contributed by atoms with Crippen molar-refractivity contribution in [3.63, 3.8) is 0 Å². The number of benzene rings is 2. The van der Waals surface area contributed by atoms with Crippen LogP contribution in [0.15, 0.2) is 59.8 Å². The standard InChI is InChI=1S/C25H27FN4OS/c1-16(21-14-17-11-12-18(21)13-17)27-23(31)15-32-25-29-28-24(20-9-5-6-10-22(20)26)30(25)19-7-3-2-4-8-19/h2-10,16-18,21H,11-15H2,1H3,(H,27,31). The summed E-state index contributed by atoms with van der Waals surface area (Å²) in [5, 5.41) is 12.3. The van der Waals surface area contributed by atoms with Gasteiger partial charge in [0.2, 0.25) is 5.91 Å². The second-order valence-electron chi connectivity index (χ2n) is 8.94. The zero-order valence-corrected chi connectivity index (χ0v) is 18.9. The molecule has 2 bridgehead atoms. The highest BCUT2D eigenvalue weighted by molar-refractivity contribution is 7.99. The highest BCUT2D eigenvalue weighted by Crippen LogP contribution is 2.49. The third kappa shape index (κ3) is 4.18. The number of nitrogens with one attached hydrogen (secondary N) is 1. The summed E-state index contributed by atoms with van der Waals surface area (Å²) in [4.78, 5) is 12.7. The molecule has 0 aliphatic heterocycles. The molecule has 2 aliphatic rings. The van der Waals surface area contributed by atoms with E-state index in [0.717, 1.165) is 17.5 Å². The molecule has 5 rings (SSSR count). The van der Waals surface area contributed by atoms with E-state index in [1.807, 2.05) is 34.9 Å². The van der Waals surface area contributed by atoms with Crippen LogP contribution in [0.5, 0.6) is 0 Å². The zero-order chi connectivity index (χ0) is 22.1. The average Bonchev–Trinajstić information content (AvgIpc) is 3.54. The Balaban J connectivity index is 1.32. The molecule has 1 N–H and O–H groups in total. The number of carbonyl (C=O) groups is 1. The Hall–Kier alpha value is -2.67. The minimum Gasteiger partial charge on any atom is -0.353 e. The van der Waals surface area contributed by atoms with E-state index in [9.17, 15) is 9.18 Å². The molecule has 2 saturated carbocycles. The summed E-state index contributed by atoms with van der Waals surface area (Å²) in [5.41, 5.74) is 1.21. The normalized spacial score (nSPS) is 22.8. The van der Waals surface area contributed by atoms with Crippen LogP contribution in [-0.2, 0) is 4.79 Å². The second-order valence-corrected chi connectivity index (χ2v) is 9.88. The zero-order valence-electron chi connectivity index (χ0n) is 18.1. The lowest BCUT2D eigenvalue weighted by atomic mass is 9.84. The largest absolute Gasteiger partial charge is 0.353 e. The Morgan fingerprint density at radius 2 is 1.91 bits per heavy atom. The molecule has 0 radical (unpaired) electrons. The summed E-state index contributed by atoms with van der Waals surface area (Å²) >= 11 is 1.33. The van der Waals surface area contributed by atoms with Gasteiger partial charge in [0.15, 0.2) is 11.0 Å². The van der Waals surface area contributed by atoms with Gasteiger partial charge < -0.3 is 5.32 Å². The van der Waals surface area contributed by atoms with Crippen LogP contribution in [0.25, 0.3) is 17.1 Å². The van der Waals surface area contributed by atoms with Crippen molar-refractivity contribution in [2.75, 3.05) is 5.75 Å². The number of para-hydroxylation sites is 1. The highest BCUT2D eigenvalue weighted by atomic mass is 32.2. The quantitative estimate of drug-likeness (QED) is 0.509. The Kier molecular flexibility index (Phi) is 6.00. The summed E-state index contributed by atoms with van der Waals surface area (Å²) in [7, 11) is 0. The predicted molar refractivity (Wildman–Crippen MR) is 124 cm³/mol. The minimum absolute atomic E-state index is 0.000303. The molecule has 2 fully saturated rings. The van der Waals surface area contributed by atoms with Gasteiger partial charge in [0.25, 0.3) is 0 Å². The molecule has 4 atom stereocenters. The third-order valence-electron chi connectivity index (χ3n) is 6.92. The fraction of sp³-hybridized carbons (Fsp3) is 0.400. The maximum Gasteiger partial charge on any atom is 0.230 e. The molecule has 7 heteroatoms. The summed E-state index contributed by atoms with van der Waals surface area (Å²) < 4.78 is 16.3. The van der Waals surface area contributed by atoms with Crippen molar-refractivity contribution in [3.8, 4) is 17.1 Å². The van der Waals surface area contributed by atoms with E-state index in [2.05, 4.69) is 22.4 Å². The van der Waals surface area contributed by atoms with Crippen LogP contribution in [-0.4, -0.2) is 32.5 Å². The van der Waals surface area contributed by atoms with E-state index in [0.29, 0.717) is 22.5 Å². The maximum atomic E-state index is 14.5. The number of nitrogens with zero attached hydrogens (tertiary/aromatic N) is 3. The van der Waals surface area contributed by atoms with Gasteiger partial charge in [-0.2, -0.15) is 0 Å². The van der Waals surface area contributed by atoms with Crippen LogP contribution in [0.1, 0.15) is 32.6 Å². The average molecular weight is 451 g/mol. The van der Waals surface area contributed by atoms with Crippen LogP contribution < -0.4 is 5.32 Å². The molecule has 3 aromatic rings. The molecule has 1 heterocycles. The topological polar surface area (TPSA) is 59.8 Å². The maximum absolute atomic E-state index is 14.5. The summed E-state index contributed by atoms with van der Waals surface area (Å²) in [6.07, 6.45) is 5.24. The molecule has 1 aromatic heterocycles. The van der Waals surface area contributed by atoms with E-state index in [1.54, 1.807) is 18.2 Å². The minimum atomic E-state index is -0.355. The van der Waals surface area contributed by atoms with Gasteiger partial charge in [-0.1, -0.05) is 48.5 Å². The van der Waals surface area contributed by atoms with Crippen molar-refractivity contribution in [2.45, 2.75) is 43.8 Å². The van der Waals surface area contributed by atoms with Gasteiger partial charge >= 0.3 is 0 Å². The van der Waals surface area contributed by atoms with Gasteiger partial charge in [-0.05, 0) is 68.2 Å².